The Morgan fingerprint density at radius 2 is 1.87 bits per heavy atom. The highest BCUT2D eigenvalue weighted by molar-refractivity contribution is 7.89. The third-order valence-corrected chi connectivity index (χ3v) is 4.45. The fourth-order valence-corrected chi connectivity index (χ4v) is 3.56. The Morgan fingerprint density at radius 1 is 1.22 bits per heavy atom. The van der Waals surface area contributed by atoms with E-state index < -0.39 is 10.0 Å². The summed E-state index contributed by atoms with van der Waals surface area (Å²) in [6.07, 6.45) is 0.174. The first-order valence-electron chi connectivity index (χ1n) is 7.54. The number of nitrogens with zero attached hydrogens (tertiary/aromatic N) is 1. The number of sulfonamides is 1. The van der Waals surface area contributed by atoms with Crippen molar-refractivity contribution in [1.82, 2.24) is 0 Å². The van der Waals surface area contributed by atoms with Crippen LogP contribution in [0.15, 0.2) is 18.2 Å². The standard InChI is InChI=1S/C15H22N2O5S/c1-3-21-13-6-5-12(8-14(13)22-4-2)17-9-11(7-15(17)18)10-23(16,19)20/h5-6,8,11H,3-4,7,9-10H2,1-2H3,(H2,16,19,20). The van der Waals surface area contributed by atoms with E-state index in [2.05, 4.69) is 0 Å². The molecule has 1 saturated heterocycles. The van der Waals surface area contributed by atoms with Crippen LogP contribution in [0, 0.1) is 5.92 Å². The van der Waals surface area contributed by atoms with E-state index in [0.29, 0.717) is 36.9 Å². The van der Waals surface area contributed by atoms with Crippen molar-refractivity contribution in [3.63, 3.8) is 0 Å². The van der Waals surface area contributed by atoms with Gasteiger partial charge in [0.1, 0.15) is 0 Å². The van der Waals surface area contributed by atoms with Crippen molar-refractivity contribution in [1.29, 1.82) is 0 Å². The largest absolute Gasteiger partial charge is 0.490 e. The quantitative estimate of drug-likeness (QED) is 0.801. The molecule has 1 aromatic rings. The van der Waals surface area contributed by atoms with Crippen LogP contribution in [0.25, 0.3) is 0 Å². The summed E-state index contributed by atoms with van der Waals surface area (Å²) >= 11 is 0. The van der Waals surface area contributed by atoms with Crippen LogP contribution in [0.4, 0.5) is 5.69 Å². The van der Waals surface area contributed by atoms with E-state index in [1.807, 2.05) is 13.8 Å². The van der Waals surface area contributed by atoms with Gasteiger partial charge in [0, 0.05) is 30.6 Å². The molecular weight excluding hydrogens is 320 g/mol. The molecule has 0 radical (unpaired) electrons. The molecule has 2 N–H and O–H groups in total. The molecule has 0 spiro atoms. The minimum Gasteiger partial charge on any atom is -0.490 e. The minimum absolute atomic E-state index is 0.120. The number of anilines is 1. The van der Waals surface area contributed by atoms with Crippen LogP contribution in [0.2, 0.25) is 0 Å². The van der Waals surface area contributed by atoms with Gasteiger partial charge in [-0.1, -0.05) is 0 Å². The Hall–Kier alpha value is -1.80. The van der Waals surface area contributed by atoms with Crippen molar-refractivity contribution in [2.75, 3.05) is 30.4 Å². The Labute approximate surface area is 136 Å². The van der Waals surface area contributed by atoms with E-state index in [1.54, 1.807) is 23.1 Å². The molecule has 128 valence electrons. The second-order valence-corrected chi connectivity index (χ2v) is 7.06. The van der Waals surface area contributed by atoms with Crippen LogP contribution >= 0.6 is 0 Å². The maximum Gasteiger partial charge on any atom is 0.227 e. The first-order chi connectivity index (χ1) is 10.8. The van der Waals surface area contributed by atoms with Gasteiger partial charge < -0.3 is 14.4 Å². The van der Waals surface area contributed by atoms with Gasteiger partial charge in [-0.25, -0.2) is 13.6 Å². The molecule has 1 unspecified atom stereocenters. The monoisotopic (exact) mass is 342 g/mol. The molecule has 2 rings (SSSR count). The molecule has 1 heterocycles. The number of hydrogen-bond acceptors (Lipinski definition) is 5. The Balaban J connectivity index is 2.21. The van der Waals surface area contributed by atoms with Crippen LogP contribution in [0.3, 0.4) is 0 Å². The molecular formula is C15H22N2O5S. The summed E-state index contributed by atoms with van der Waals surface area (Å²) in [7, 11) is -3.59. The first kappa shape index (κ1) is 17.6. The van der Waals surface area contributed by atoms with Crippen molar-refractivity contribution in [3.8, 4) is 11.5 Å². The van der Waals surface area contributed by atoms with Gasteiger partial charge in [0.05, 0.1) is 19.0 Å². The summed E-state index contributed by atoms with van der Waals surface area (Å²) in [6, 6.07) is 5.26. The lowest BCUT2D eigenvalue weighted by molar-refractivity contribution is -0.117. The minimum atomic E-state index is -3.59. The Kier molecular flexibility index (Phi) is 5.48. The average Bonchev–Trinajstić information content (AvgIpc) is 2.79. The van der Waals surface area contributed by atoms with Gasteiger partial charge >= 0.3 is 0 Å². The second kappa shape index (κ2) is 7.18. The number of carbonyl (C=O) groups excluding carboxylic acids is 1. The van der Waals surface area contributed by atoms with Gasteiger partial charge in [-0.3, -0.25) is 4.79 Å². The zero-order valence-electron chi connectivity index (χ0n) is 13.3. The van der Waals surface area contributed by atoms with Crippen LogP contribution in [-0.2, 0) is 14.8 Å². The molecule has 7 nitrogen and oxygen atoms in total. The summed E-state index contributed by atoms with van der Waals surface area (Å²) in [4.78, 5) is 13.7. The highest BCUT2D eigenvalue weighted by Gasteiger charge is 2.33. The predicted octanol–water partition coefficient (Wildman–Crippen LogP) is 1.13. The lowest BCUT2D eigenvalue weighted by Crippen LogP contribution is -2.27. The summed E-state index contributed by atoms with van der Waals surface area (Å²) in [5, 5.41) is 5.07. The molecule has 8 heteroatoms. The summed E-state index contributed by atoms with van der Waals surface area (Å²) in [5.41, 5.74) is 0.666. The number of rotatable bonds is 7. The Morgan fingerprint density at radius 3 is 2.48 bits per heavy atom. The van der Waals surface area contributed by atoms with Gasteiger partial charge in [0.2, 0.25) is 15.9 Å². The SMILES string of the molecule is CCOc1ccc(N2CC(CS(N)(=O)=O)CC2=O)cc1OCC. The number of benzene rings is 1. The maximum atomic E-state index is 12.2. The lowest BCUT2D eigenvalue weighted by Gasteiger charge is -2.19. The Bertz CT molecular complexity index is 674. The average molecular weight is 342 g/mol. The molecule has 1 aliphatic heterocycles. The third kappa shape index (κ3) is 4.59. The zero-order chi connectivity index (χ0) is 17.0. The third-order valence-electron chi connectivity index (χ3n) is 3.51. The maximum absolute atomic E-state index is 12.2. The van der Waals surface area contributed by atoms with E-state index >= 15 is 0 Å². The molecule has 1 aromatic carbocycles. The summed E-state index contributed by atoms with van der Waals surface area (Å²) in [6.45, 7) is 5.07. The number of carbonyl (C=O) groups is 1. The number of amides is 1. The molecule has 1 aliphatic rings. The number of hydrogen-bond donors (Lipinski definition) is 1. The highest BCUT2D eigenvalue weighted by atomic mass is 32.2. The molecule has 1 fully saturated rings. The van der Waals surface area contributed by atoms with E-state index in [1.165, 1.54) is 0 Å². The second-order valence-electron chi connectivity index (χ2n) is 5.40. The van der Waals surface area contributed by atoms with Crippen molar-refractivity contribution < 1.29 is 22.7 Å². The topological polar surface area (TPSA) is 98.9 Å². The van der Waals surface area contributed by atoms with Crippen LogP contribution in [0.5, 0.6) is 11.5 Å². The molecule has 1 atom stereocenters. The van der Waals surface area contributed by atoms with Gasteiger partial charge in [0.25, 0.3) is 0 Å². The molecule has 0 aromatic heterocycles. The number of primary sulfonamides is 1. The molecule has 0 aliphatic carbocycles. The smallest absolute Gasteiger partial charge is 0.227 e. The van der Waals surface area contributed by atoms with Crippen molar-refractivity contribution >= 4 is 21.6 Å². The highest BCUT2D eigenvalue weighted by Crippen LogP contribution is 2.34. The summed E-state index contributed by atoms with van der Waals surface area (Å²) in [5.74, 6) is 0.579. The van der Waals surface area contributed by atoms with Gasteiger partial charge in [-0.05, 0) is 26.0 Å². The number of nitrogens with two attached hydrogens (primary N) is 1. The van der Waals surface area contributed by atoms with Gasteiger partial charge in [0.15, 0.2) is 11.5 Å². The van der Waals surface area contributed by atoms with Gasteiger partial charge in [-0.15, -0.1) is 0 Å². The predicted molar refractivity (Wildman–Crippen MR) is 87.2 cm³/mol. The van der Waals surface area contributed by atoms with E-state index in [4.69, 9.17) is 14.6 Å². The van der Waals surface area contributed by atoms with Crippen molar-refractivity contribution in [3.05, 3.63) is 18.2 Å². The lowest BCUT2D eigenvalue weighted by atomic mass is 10.1. The van der Waals surface area contributed by atoms with Gasteiger partial charge in [-0.2, -0.15) is 0 Å². The normalized spacial score (nSPS) is 18.3. The van der Waals surface area contributed by atoms with Crippen molar-refractivity contribution in [2.24, 2.45) is 11.1 Å². The zero-order valence-corrected chi connectivity index (χ0v) is 14.1. The number of ether oxygens (including phenoxy) is 2. The molecule has 0 saturated carbocycles. The summed E-state index contributed by atoms with van der Waals surface area (Å²) < 4.78 is 33.5. The van der Waals surface area contributed by atoms with E-state index in [9.17, 15) is 13.2 Å². The first-order valence-corrected chi connectivity index (χ1v) is 9.26. The van der Waals surface area contributed by atoms with Crippen LogP contribution < -0.4 is 19.5 Å². The van der Waals surface area contributed by atoms with E-state index in [0.717, 1.165) is 0 Å². The van der Waals surface area contributed by atoms with Crippen LogP contribution in [-0.4, -0.2) is 39.8 Å². The fourth-order valence-electron chi connectivity index (χ4n) is 2.68. The van der Waals surface area contributed by atoms with Crippen molar-refractivity contribution in [2.45, 2.75) is 20.3 Å². The van der Waals surface area contributed by atoms with Crippen LogP contribution in [0.1, 0.15) is 20.3 Å². The molecule has 1 amide bonds. The molecule has 23 heavy (non-hydrogen) atoms. The van der Waals surface area contributed by atoms with E-state index in [-0.39, 0.29) is 24.0 Å². The molecule has 0 bridgehead atoms. The fraction of sp³-hybridized carbons (Fsp3) is 0.533.